The van der Waals surface area contributed by atoms with E-state index < -0.39 is 5.91 Å². The molecule has 1 aromatic carbocycles. The number of ether oxygens (including phenoxy) is 1. The predicted molar refractivity (Wildman–Crippen MR) is 126 cm³/mol. The highest BCUT2D eigenvalue weighted by Gasteiger charge is 2.16. The molecule has 30 heavy (non-hydrogen) atoms. The highest BCUT2D eigenvalue weighted by atomic mass is 127. The predicted octanol–water partition coefficient (Wildman–Crippen LogP) is 3.96. The SMILES string of the molecule is CCNC(=NCc1ccc(C(N)=O)o1)NC(C)c1cc2cccc(OCC)c2o1.I. The molecule has 0 aliphatic rings. The molecule has 2 heterocycles. The van der Waals surface area contributed by atoms with Crippen molar-refractivity contribution in [2.24, 2.45) is 10.7 Å². The maximum Gasteiger partial charge on any atom is 0.284 e. The molecule has 0 aliphatic carbocycles. The molecule has 0 aliphatic heterocycles. The van der Waals surface area contributed by atoms with Gasteiger partial charge in [0.25, 0.3) is 5.91 Å². The van der Waals surface area contributed by atoms with Gasteiger partial charge in [0, 0.05) is 11.9 Å². The number of amides is 1. The first kappa shape index (κ1) is 23.6. The minimum absolute atomic E-state index is 0. The second-order valence-electron chi connectivity index (χ2n) is 6.45. The molecule has 0 spiro atoms. The van der Waals surface area contributed by atoms with Gasteiger partial charge in [-0.05, 0) is 45.0 Å². The quantitative estimate of drug-likeness (QED) is 0.233. The van der Waals surface area contributed by atoms with Crippen molar-refractivity contribution in [3.63, 3.8) is 0 Å². The number of halogens is 1. The monoisotopic (exact) mass is 526 g/mol. The van der Waals surface area contributed by atoms with Crippen LogP contribution in [-0.2, 0) is 6.54 Å². The summed E-state index contributed by atoms with van der Waals surface area (Å²) in [5, 5.41) is 7.49. The lowest BCUT2D eigenvalue weighted by atomic mass is 10.2. The van der Waals surface area contributed by atoms with Crippen molar-refractivity contribution in [1.82, 2.24) is 10.6 Å². The third kappa shape index (κ3) is 5.68. The average molecular weight is 526 g/mol. The molecule has 0 saturated heterocycles. The third-order valence-electron chi connectivity index (χ3n) is 4.25. The summed E-state index contributed by atoms with van der Waals surface area (Å²) in [6.45, 7) is 7.45. The van der Waals surface area contributed by atoms with Crippen molar-refractivity contribution in [2.75, 3.05) is 13.2 Å². The highest BCUT2D eigenvalue weighted by molar-refractivity contribution is 14.0. The van der Waals surface area contributed by atoms with Gasteiger partial charge in [-0.15, -0.1) is 24.0 Å². The number of benzene rings is 1. The number of primary amides is 1. The Hall–Kier alpha value is -2.69. The average Bonchev–Trinajstić information content (AvgIpc) is 3.34. The van der Waals surface area contributed by atoms with E-state index in [9.17, 15) is 4.79 Å². The zero-order chi connectivity index (χ0) is 20.8. The Labute approximate surface area is 192 Å². The van der Waals surface area contributed by atoms with Crippen LogP contribution in [-0.4, -0.2) is 25.0 Å². The van der Waals surface area contributed by atoms with E-state index in [-0.39, 0.29) is 42.3 Å². The molecule has 9 heteroatoms. The van der Waals surface area contributed by atoms with Gasteiger partial charge in [0.15, 0.2) is 23.1 Å². The van der Waals surface area contributed by atoms with Crippen molar-refractivity contribution < 1.29 is 18.4 Å². The fourth-order valence-electron chi connectivity index (χ4n) is 2.89. The number of fused-ring (bicyclic) bond motifs is 1. The number of furan rings is 2. The standard InChI is InChI=1S/C21H26N4O4.HI/c1-4-23-21(24-12-15-9-10-17(28-15)20(22)26)25-13(3)18-11-14-7-6-8-16(27-5-2)19(14)29-18;/h6-11,13H,4-5,12H2,1-3H3,(H2,22,26)(H2,23,24,25);1H. The highest BCUT2D eigenvalue weighted by Crippen LogP contribution is 2.31. The van der Waals surface area contributed by atoms with Crippen LogP contribution in [0.2, 0.25) is 0 Å². The molecule has 0 bridgehead atoms. The van der Waals surface area contributed by atoms with E-state index in [1.54, 1.807) is 12.1 Å². The fraction of sp³-hybridized carbons (Fsp3) is 0.333. The van der Waals surface area contributed by atoms with Gasteiger partial charge in [0.05, 0.1) is 12.6 Å². The van der Waals surface area contributed by atoms with E-state index in [4.69, 9.17) is 19.3 Å². The molecule has 0 saturated carbocycles. The summed E-state index contributed by atoms with van der Waals surface area (Å²) in [6.07, 6.45) is 0. The summed E-state index contributed by atoms with van der Waals surface area (Å²) in [5.74, 6) is 2.17. The van der Waals surface area contributed by atoms with Crippen molar-refractivity contribution in [3.8, 4) is 5.75 Å². The smallest absolute Gasteiger partial charge is 0.284 e. The molecule has 8 nitrogen and oxygen atoms in total. The van der Waals surface area contributed by atoms with Crippen molar-refractivity contribution in [3.05, 3.63) is 53.7 Å². The maximum absolute atomic E-state index is 11.1. The van der Waals surface area contributed by atoms with Gasteiger partial charge < -0.3 is 29.9 Å². The summed E-state index contributed by atoms with van der Waals surface area (Å²) >= 11 is 0. The number of guanidine groups is 1. The van der Waals surface area contributed by atoms with Crippen LogP contribution < -0.4 is 21.1 Å². The normalized spacial score (nSPS) is 12.3. The molecule has 162 valence electrons. The number of nitrogens with two attached hydrogens (primary N) is 1. The molecule has 1 unspecified atom stereocenters. The molecule has 1 atom stereocenters. The summed E-state index contributed by atoms with van der Waals surface area (Å²) in [7, 11) is 0. The Morgan fingerprint density at radius 1 is 1.23 bits per heavy atom. The van der Waals surface area contributed by atoms with Crippen LogP contribution in [0.15, 0.2) is 50.2 Å². The minimum atomic E-state index is -0.602. The molecule has 2 aromatic heterocycles. The first-order chi connectivity index (χ1) is 14.0. The van der Waals surface area contributed by atoms with Crippen LogP contribution in [0.5, 0.6) is 5.75 Å². The van der Waals surface area contributed by atoms with E-state index in [1.165, 1.54) is 0 Å². The Morgan fingerprint density at radius 2 is 2.03 bits per heavy atom. The number of nitrogens with zero attached hydrogens (tertiary/aromatic N) is 1. The minimum Gasteiger partial charge on any atom is -0.490 e. The number of rotatable bonds is 8. The van der Waals surface area contributed by atoms with Crippen LogP contribution in [0, 0.1) is 0 Å². The van der Waals surface area contributed by atoms with Crippen molar-refractivity contribution in [2.45, 2.75) is 33.4 Å². The van der Waals surface area contributed by atoms with Gasteiger partial charge >= 0.3 is 0 Å². The summed E-state index contributed by atoms with van der Waals surface area (Å²) in [6, 6.07) is 10.9. The molecule has 0 fully saturated rings. The van der Waals surface area contributed by atoms with Crippen LogP contribution in [0.3, 0.4) is 0 Å². The van der Waals surface area contributed by atoms with Crippen molar-refractivity contribution >= 4 is 46.8 Å². The van der Waals surface area contributed by atoms with Crippen molar-refractivity contribution in [1.29, 1.82) is 0 Å². The number of nitrogens with one attached hydrogen (secondary N) is 2. The largest absolute Gasteiger partial charge is 0.490 e. The van der Waals surface area contributed by atoms with E-state index in [1.807, 2.05) is 45.0 Å². The zero-order valence-electron chi connectivity index (χ0n) is 17.2. The topological polar surface area (TPSA) is 115 Å². The summed E-state index contributed by atoms with van der Waals surface area (Å²) < 4.78 is 17.1. The van der Waals surface area contributed by atoms with Gasteiger partial charge in [0.2, 0.25) is 0 Å². The van der Waals surface area contributed by atoms with Crippen LogP contribution in [0.1, 0.15) is 48.9 Å². The van der Waals surface area contributed by atoms with E-state index in [0.717, 1.165) is 22.5 Å². The number of hydrogen-bond donors (Lipinski definition) is 3. The number of para-hydroxylation sites is 1. The molecule has 0 radical (unpaired) electrons. The van der Waals surface area contributed by atoms with Crippen LogP contribution >= 0.6 is 24.0 Å². The summed E-state index contributed by atoms with van der Waals surface area (Å²) in [5.41, 5.74) is 5.94. The van der Waals surface area contributed by atoms with Gasteiger partial charge in [-0.2, -0.15) is 0 Å². The Kier molecular flexibility index (Phi) is 8.58. The lowest BCUT2D eigenvalue weighted by molar-refractivity contribution is 0.0972. The van der Waals surface area contributed by atoms with Gasteiger partial charge in [-0.3, -0.25) is 4.79 Å². The molecular formula is C21H27IN4O4. The van der Waals surface area contributed by atoms with E-state index in [2.05, 4.69) is 15.6 Å². The fourth-order valence-corrected chi connectivity index (χ4v) is 2.89. The molecule has 4 N–H and O–H groups in total. The Morgan fingerprint density at radius 3 is 2.70 bits per heavy atom. The maximum atomic E-state index is 11.1. The second-order valence-corrected chi connectivity index (χ2v) is 6.45. The van der Waals surface area contributed by atoms with Gasteiger partial charge in [-0.1, -0.05) is 12.1 Å². The summed E-state index contributed by atoms with van der Waals surface area (Å²) in [4.78, 5) is 15.6. The Bertz CT molecular complexity index is 1010. The second kappa shape index (κ2) is 10.9. The molecular weight excluding hydrogens is 499 g/mol. The first-order valence-electron chi connectivity index (χ1n) is 9.60. The third-order valence-corrected chi connectivity index (χ3v) is 4.25. The molecule has 3 rings (SSSR count). The first-order valence-corrected chi connectivity index (χ1v) is 9.60. The van der Waals surface area contributed by atoms with Gasteiger partial charge in [-0.25, -0.2) is 4.99 Å². The lowest BCUT2D eigenvalue weighted by Crippen LogP contribution is -2.38. The zero-order valence-corrected chi connectivity index (χ0v) is 19.6. The van der Waals surface area contributed by atoms with E-state index in [0.29, 0.717) is 24.9 Å². The molecule has 1 amide bonds. The number of carbonyl (C=O) groups excluding carboxylic acids is 1. The van der Waals surface area contributed by atoms with Crippen LogP contribution in [0.4, 0.5) is 0 Å². The van der Waals surface area contributed by atoms with Gasteiger partial charge in [0.1, 0.15) is 18.1 Å². The number of carbonyl (C=O) groups is 1. The number of hydrogen-bond acceptors (Lipinski definition) is 5. The number of aliphatic imine (C=N–C) groups is 1. The molecule has 3 aromatic rings. The van der Waals surface area contributed by atoms with E-state index >= 15 is 0 Å². The van der Waals surface area contributed by atoms with Crippen LogP contribution in [0.25, 0.3) is 11.0 Å². The Balaban J connectivity index is 0.00000320. The lowest BCUT2D eigenvalue weighted by Gasteiger charge is -2.15.